The summed E-state index contributed by atoms with van der Waals surface area (Å²) in [6.07, 6.45) is 1.06. The Bertz CT molecular complexity index is 315. The normalized spacial score (nSPS) is 16.1. The number of pyridine rings is 1. The van der Waals surface area contributed by atoms with E-state index in [-0.39, 0.29) is 6.10 Å². The largest absolute Gasteiger partial charge is 0.469 e. The van der Waals surface area contributed by atoms with Gasteiger partial charge in [0, 0.05) is 18.3 Å². The lowest BCUT2D eigenvalue weighted by Gasteiger charge is -2.26. The highest BCUT2D eigenvalue weighted by Crippen LogP contribution is 2.16. The minimum absolute atomic E-state index is 0.162. The maximum Gasteiger partial charge on any atom is 0.214 e. The second-order valence-corrected chi connectivity index (χ2v) is 3.64. The zero-order valence-electron chi connectivity index (χ0n) is 8.90. The van der Waals surface area contributed by atoms with E-state index in [1.54, 1.807) is 0 Å². The molecule has 0 unspecified atom stereocenters. The average molecular weight is 208 g/mol. The summed E-state index contributed by atoms with van der Waals surface area (Å²) in [5.41, 5.74) is 7.70. The van der Waals surface area contributed by atoms with Crippen molar-refractivity contribution in [3.63, 3.8) is 0 Å². The van der Waals surface area contributed by atoms with Crippen LogP contribution < -0.4 is 10.5 Å². The van der Waals surface area contributed by atoms with E-state index in [1.807, 2.05) is 12.1 Å². The van der Waals surface area contributed by atoms with Crippen LogP contribution >= 0.6 is 0 Å². The first kappa shape index (κ1) is 10.4. The van der Waals surface area contributed by atoms with Gasteiger partial charge in [-0.25, -0.2) is 4.98 Å². The number of ether oxygens (including phenoxy) is 2. The number of rotatable bonds is 4. The van der Waals surface area contributed by atoms with Crippen molar-refractivity contribution < 1.29 is 9.47 Å². The van der Waals surface area contributed by atoms with E-state index >= 15 is 0 Å². The van der Waals surface area contributed by atoms with Crippen molar-refractivity contribution in [2.45, 2.75) is 26.0 Å². The van der Waals surface area contributed by atoms with Gasteiger partial charge in [0.25, 0.3) is 0 Å². The molecule has 0 bridgehead atoms. The molecule has 1 saturated heterocycles. The first-order valence-corrected chi connectivity index (χ1v) is 5.26. The van der Waals surface area contributed by atoms with Gasteiger partial charge in [-0.15, -0.1) is 0 Å². The highest BCUT2D eigenvalue weighted by molar-refractivity contribution is 5.25. The summed E-state index contributed by atoms with van der Waals surface area (Å²) in [5, 5.41) is 0. The summed E-state index contributed by atoms with van der Waals surface area (Å²) >= 11 is 0. The van der Waals surface area contributed by atoms with Crippen molar-refractivity contribution >= 4 is 0 Å². The first-order chi connectivity index (χ1) is 7.31. The van der Waals surface area contributed by atoms with Gasteiger partial charge in [0.15, 0.2) is 0 Å². The zero-order chi connectivity index (χ0) is 10.7. The molecular weight excluding hydrogens is 192 g/mol. The van der Waals surface area contributed by atoms with E-state index in [4.69, 9.17) is 15.2 Å². The van der Waals surface area contributed by atoms with Crippen LogP contribution in [0.3, 0.4) is 0 Å². The molecular formula is C11H16N2O2. The maximum atomic E-state index is 5.64. The van der Waals surface area contributed by atoms with Gasteiger partial charge < -0.3 is 15.2 Å². The Morgan fingerprint density at radius 3 is 2.87 bits per heavy atom. The monoisotopic (exact) mass is 208 g/mol. The summed E-state index contributed by atoms with van der Waals surface area (Å²) in [7, 11) is 0. The molecule has 1 aromatic heterocycles. The Balaban J connectivity index is 2.13. The molecule has 1 aliphatic heterocycles. The number of hydrogen-bond acceptors (Lipinski definition) is 4. The van der Waals surface area contributed by atoms with Gasteiger partial charge in [-0.3, -0.25) is 0 Å². The molecule has 2 N–H and O–H groups in total. The van der Waals surface area contributed by atoms with Gasteiger partial charge in [0.2, 0.25) is 5.88 Å². The Kier molecular flexibility index (Phi) is 3.18. The third-order valence-corrected chi connectivity index (χ3v) is 2.41. The van der Waals surface area contributed by atoms with Gasteiger partial charge in [-0.2, -0.15) is 0 Å². The van der Waals surface area contributed by atoms with Crippen molar-refractivity contribution in [3.8, 4) is 5.88 Å². The maximum absolute atomic E-state index is 5.64. The van der Waals surface area contributed by atoms with Crippen LogP contribution in [0.2, 0.25) is 0 Å². The third-order valence-electron chi connectivity index (χ3n) is 2.41. The Hall–Kier alpha value is -1.13. The molecule has 1 fully saturated rings. The summed E-state index contributed by atoms with van der Waals surface area (Å²) in [6.45, 7) is 3.91. The predicted molar refractivity (Wildman–Crippen MR) is 56.7 cm³/mol. The topological polar surface area (TPSA) is 57.4 Å². The summed E-state index contributed by atoms with van der Waals surface area (Å²) < 4.78 is 10.7. The van der Waals surface area contributed by atoms with E-state index < -0.39 is 0 Å². The van der Waals surface area contributed by atoms with Gasteiger partial charge in [-0.05, 0) is 18.1 Å². The van der Waals surface area contributed by atoms with Crippen LogP contribution in [0.25, 0.3) is 0 Å². The molecule has 4 nitrogen and oxygen atoms in total. The number of nitrogens with zero attached hydrogens (tertiary/aromatic N) is 1. The molecule has 2 rings (SSSR count). The molecule has 0 aliphatic carbocycles. The smallest absolute Gasteiger partial charge is 0.214 e. The number of aryl methyl sites for hydroxylation is 1. The lowest BCUT2D eigenvalue weighted by Crippen LogP contribution is -2.38. The second kappa shape index (κ2) is 4.59. The molecule has 0 amide bonds. The number of nitrogens with two attached hydrogens (primary N) is 1. The third kappa shape index (κ3) is 2.46. The molecule has 2 heterocycles. The standard InChI is InChI=1S/C11H16N2O2/c1-2-9-3-8(5-12)4-11(13-9)15-10-6-14-7-10/h3-4,10H,2,5-7,12H2,1H3. The number of hydrogen-bond donors (Lipinski definition) is 1. The Labute approximate surface area is 89.4 Å². The van der Waals surface area contributed by atoms with Gasteiger partial charge in [0.1, 0.15) is 6.10 Å². The molecule has 1 aromatic rings. The van der Waals surface area contributed by atoms with Crippen LogP contribution in [-0.4, -0.2) is 24.3 Å². The molecule has 15 heavy (non-hydrogen) atoms. The molecule has 0 spiro atoms. The highest BCUT2D eigenvalue weighted by atomic mass is 16.6. The Morgan fingerprint density at radius 2 is 2.33 bits per heavy atom. The fourth-order valence-corrected chi connectivity index (χ4v) is 1.43. The van der Waals surface area contributed by atoms with Crippen molar-refractivity contribution in [1.29, 1.82) is 0 Å². The SMILES string of the molecule is CCc1cc(CN)cc(OC2COC2)n1. The van der Waals surface area contributed by atoms with Gasteiger partial charge >= 0.3 is 0 Å². The summed E-state index contributed by atoms with van der Waals surface area (Å²) in [4.78, 5) is 4.39. The van der Waals surface area contributed by atoms with Crippen LogP contribution in [0.5, 0.6) is 5.88 Å². The van der Waals surface area contributed by atoms with E-state index in [0.29, 0.717) is 25.6 Å². The molecule has 1 aliphatic rings. The predicted octanol–water partition coefficient (Wildman–Crippen LogP) is 0.880. The first-order valence-electron chi connectivity index (χ1n) is 5.26. The molecule has 0 radical (unpaired) electrons. The summed E-state index contributed by atoms with van der Waals surface area (Å²) in [5.74, 6) is 0.670. The van der Waals surface area contributed by atoms with E-state index in [2.05, 4.69) is 11.9 Å². The van der Waals surface area contributed by atoms with Crippen LogP contribution in [0.4, 0.5) is 0 Å². The minimum atomic E-state index is 0.162. The molecule has 0 atom stereocenters. The van der Waals surface area contributed by atoms with Crippen molar-refractivity contribution in [2.75, 3.05) is 13.2 Å². The molecule has 0 aromatic carbocycles. The van der Waals surface area contributed by atoms with Gasteiger partial charge in [-0.1, -0.05) is 6.92 Å². The summed E-state index contributed by atoms with van der Waals surface area (Å²) in [6, 6.07) is 3.92. The number of aromatic nitrogens is 1. The zero-order valence-corrected chi connectivity index (χ0v) is 8.90. The van der Waals surface area contributed by atoms with E-state index in [9.17, 15) is 0 Å². The fourth-order valence-electron chi connectivity index (χ4n) is 1.43. The minimum Gasteiger partial charge on any atom is -0.469 e. The lowest BCUT2D eigenvalue weighted by atomic mass is 10.2. The second-order valence-electron chi connectivity index (χ2n) is 3.64. The van der Waals surface area contributed by atoms with E-state index in [0.717, 1.165) is 17.7 Å². The highest BCUT2D eigenvalue weighted by Gasteiger charge is 2.20. The molecule has 0 saturated carbocycles. The van der Waals surface area contributed by atoms with Crippen molar-refractivity contribution in [3.05, 3.63) is 23.4 Å². The van der Waals surface area contributed by atoms with Crippen LogP contribution in [0.1, 0.15) is 18.2 Å². The fraction of sp³-hybridized carbons (Fsp3) is 0.545. The van der Waals surface area contributed by atoms with E-state index in [1.165, 1.54) is 0 Å². The van der Waals surface area contributed by atoms with Gasteiger partial charge in [0.05, 0.1) is 13.2 Å². The average Bonchev–Trinajstić information content (AvgIpc) is 2.23. The quantitative estimate of drug-likeness (QED) is 0.798. The van der Waals surface area contributed by atoms with Crippen molar-refractivity contribution in [1.82, 2.24) is 4.98 Å². The molecule has 4 heteroatoms. The van der Waals surface area contributed by atoms with Crippen LogP contribution in [-0.2, 0) is 17.7 Å². The Morgan fingerprint density at radius 1 is 1.53 bits per heavy atom. The van der Waals surface area contributed by atoms with Crippen molar-refractivity contribution in [2.24, 2.45) is 5.73 Å². The lowest BCUT2D eigenvalue weighted by molar-refractivity contribution is -0.0814. The molecule has 82 valence electrons. The van der Waals surface area contributed by atoms with Crippen LogP contribution in [0, 0.1) is 0 Å². The van der Waals surface area contributed by atoms with Crippen LogP contribution in [0.15, 0.2) is 12.1 Å².